The second-order valence-corrected chi connectivity index (χ2v) is 5.66. The predicted octanol–water partition coefficient (Wildman–Crippen LogP) is 2.41. The van der Waals surface area contributed by atoms with Crippen molar-refractivity contribution in [2.24, 2.45) is 0 Å². The van der Waals surface area contributed by atoms with Crippen molar-refractivity contribution >= 4 is 5.91 Å². The Hall–Kier alpha value is -0.610. The molecule has 2 fully saturated rings. The first-order valence-electron chi connectivity index (χ1n) is 7.78. The van der Waals surface area contributed by atoms with Crippen molar-refractivity contribution in [1.29, 1.82) is 0 Å². The van der Waals surface area contributed by atoms with Crippen molar-refractivity contribution in [2.45, 2.75) is 76.5 Å². The maximum absolute atomic E-state index is 11.9. The summed E-state index contributed by atoms with van der Waals surface area (Å²) in [5.74, 6) is 0.170. The summed E-state index contributed by atoms with van der Waals surface area (Å²) < 4.78 is 11.7. The normalized spacial score (nSPS) is 33.4. The summed E-state index contributed by atoms with van der Waals surface area (Å²) >= 11 is 0. The number of hydrogen-bond donors (Lipinski definition) is 1. The minimum atomic E-state index is -0.226. The van der Waals surface area contributed by atoms with E-state index in [1.807, 2.05) is 6.92 Å². The zero-order valence-corrected chi connectivity index (χ0v) is 12.2. The van der Waals surface area contributed by atoms with E-state index in [0.29, 0.717) is 13.0 Å². The molecule has 4 heteroatoms. The van der Waals surface area contributed by atoms with Gasteiger partial charge >= 0.3 is 0 Å². The third kappa shape index (κ3) is 3.11. The average molecular weight is 269 g/mol. The maximum Gasteiger partial charge on any atom is 0.220 e. The van der Waals surface area contributed by atoms with Gasteiger partial charge in [0.15, 0.2) is 0 Å². The topological polar surface area (TPSA) is 47.6 Å². The van der Waals surface area contributed by atoms with Crippen LogP contribution in [0.3, 0.4) is 0 Å². The lowest BCUT2D eigenvalue weighted by atomic mass is 9.70. The third-order valence-corrected chi connectivity index (χ3v) is 4.38. The van der Waals surface area contributed by atoms with Gasteiger partial charge in [-0.05, 0) is 32.6 Å². The molecule has 2 rings (SSSR count). The van der Waals surface area contributed by atoms with Crippen molar-refractivity contribution in [3.63, 3.8) is 0 Å². The van der Waals surface area contributed by atoms with Gasteiger partial charge in [0.05, 0.1) is 12.1 Å². The summed E-state index contributed by atoms with van der Waals surface area (Å²) in [5, 5.41) is 3.15. The molecule has 0 bridgehead atoms. The lowest BCUT2D eigenvalue weighted by molar-refractivity contribution is -0.198. The number of rotatable bonds is 7. The van der Waals surface area contributed by atoms with E-state index in [2.05, 4.69) is 12.2 Å². The van der Waals surface area contributed by atoms with Crippen LogP contribution in [0.2, 0.25) is 0 Å². The smallest absolute Gasteiger partial charge is 0.220 e. The Balaban J connectivity index is 1.82. The van der Waals surface area contributed by atoms with E-state index in [1.54, 1.807) is 0 Å². The Bertz CT molecular complexity index is 300. The van der Waals surface area contributed by atoms with Gasteiger partial charge in [-0.1, -0.05) is 19.8 Å². The molecule has 1 aliphatic heterocycles. The molecule has 0 unspecified atom stereocenters. The molecule has 1 amide bonds. The Morgan fingerprint density at radius 3 is 2.89 bits per heavy atom. The minimum absolute atomic E-state index is 0.153. The molecular weight excluding hydrogens is 242 g/mol. The fourth-order valence-corrected chi connectivity index (χ4v) is 3.28. The van der Waals surface area contributed by atoms with Gasteiger partial charge < -0.3 is 14.8 Å². The molecule has 110 valence electrons. The second-order valence-electron chi connectivity index (χ2n) is 5.66. The lowest BCUT2D eigenvalue weighted by Crippen LogP contribution is -2.69. The molecule has 2 aliphatic rings. The number of carbonyl (C=O) groups is 1. The first-order chi connectivity index (χ1) is 9.23. The highest BCUT2D eigenvalue weighted by molar-refractivity contribution is 5.76. The van der Waals surface area contributed by atoms with Crippen molar-refractivity contribution in [3.05, 3.63) is 0 Å². The van der Waals surface area contributed by atoms with E-state index in [-0.39, 0.29) is 23.7 Å². The molecule has 0 aromatic heterocycles. The number of unbranched alkanes of at least 4 members (excludes halogenated alkanes) is 2. The van der Waals surface area contributed by atoms with Gasteiger partial charge in [0.1, 0.15) is 5.60 Å². The summed E-state index contributed by atoms with van der Waals surface area (Å²) in [4.78, 5) is 11.9. The van der Waals surface area contributed by atoms with Crippen LogP contribution in [0.1, 0.15) is 58.8 Å². The highest BCUT2D eigenvalue weighted by Crippen LogP contribution is 2.45. The van der Waals surface area contributed by atoms with Gasteiger partial charge in [-0.2, -0.15) is 0 Å². The molecule has 1 saturated heterocycles. The molecule has 1 heterocycles. The average Bonchev–Trinajstić information content (AvgIpc) is 2.90. The number of ether oxygens (including phenoxy) is 2. The summed E-state index contributed by atoms with van der Waals surface area (Å²) in [7, 11) is 0. The van der Waals surface area contributed by atoms with Crippen molar-refractivity contribution in [1.82, 2.24) is 5.32 Å². The van der Waals surface area contributed by atoms with E-state index in [0.717, 1.165) is 45.1 Å². The summed E-state index contributed by atoms with van der Waals surface area (Å²) in [6, 6.07) is 0.153. The summed E-state index contributed by atoms with van der Waals surface area (Å²) in [6.45, 7) is 5.68. The molecule has 1 saturated carbocycles. The highest BCUT2D eigenvalue weighted by Gasteiger charge is 2.59. The second kappa shape index (κ2) is 6.71. The summed E-state index contributed by atoms with van der Waals surface area (Å²) in [5.41, 5.74) is -0.226. The molecule has 1 N–H and O–H groups in total. The van der Waals surface area contributed by atoms with E-state index < -0.39 is 0 Å². The standard InChI is InChI=1S/C15H27NO3/c1-3-5-6-8-14(17)16-12-11-13(18-4-2)15(12)9-7-10-19-15/h12-13H,3-11H2,1-2H3,(H,16,17)/t12-,13-,15-/m1/s1. The van der Waals surface area contributed by atoms with Crippen LogP contribution < -0.4 is 5.32 Å². The summed E-state index contributed by atoms with van der Waals surface area (Å²) in [6.07, 6.45) is 7.05. The SMILES string of the molecule is CCCCCC(=O)N[C@@H]1C[C@@H](OCC)[C@@]12CCCO2. The number of nitrogens with one attached hydrogen (secondary N) is 1. The van der Waals surface area contributed by atoms with Crippen LogP contribution in [0.5, 0.6) is 0 Å². The van der Waals surface area contributed by atoms with Gasteiger partial charge in [-0.25, -0.2) is 0 Å². The fraction of sp³-hybridized carbons (Fsp3) is 0.933. The van der Waals surface area contributed by atoms with E-state index in [9.17, 15) is 4.79 Å². The molecular formula is C15H27NO3. The van der Waals surface area contributed by atoms with Gasteiger partial charge in [-0.3, -0.25) is 4.79 Å². The zero-order chi connectivity index (χ0) is 13.7. The van der Waals surface area contributed by atoms with E-state index >= 15 is 0 Å². The largest absolute Gasteiger partial charge is 0.375 e. The van der Waals surface area contributed by atoms with Crippen LogP contribution in [0.15, 0.2) is 0 Å². The highest BCUT2D eigenvalue weighted by atomic mass is 16.6. The molecule has 3 atom stereocenters. The monoisotopic (exact) mass is 269 g/mol. The lowest BCUT2D eigenvalue weighted by Gasteiger charge is -2.52. The number of hydrogen-bond acceptors (Lipinski definition) is 3. The zero-order valence-electron chi connectivity index (χ0n) is 12.2. The Morgan fingerprint density at radius 2 is 2.26 bits per heavy atom. The molecule has 4 nitrogen and oxygen atoms in total. The van der Waals surface area contributed by atoms with E-state index in [4.69, 9.17) is 9.47 Å². The van der Waals surface area contributed by atoms with Crippen LogP contribution in [0.4, 0.5) is 0 Å². The number of carbonyl (C=O) groups excluding carboxylic acids is 1. The molecule has 1 spiro atoms. The van der Waals surface area contributed by atoms with Crippen molar-refractivity contribution in [3.8, 4) is 0 Å². The van der Waals surface area contributed by atoms with Gasteiger partial charge in [-0.15, -0.1) is 0 Å². The first kappa shape index (κ1) is 14.8. The predicted molar refractivity (Wildman–Crippen MR) is 74.0 cm³/mol. The Labute approximate surface area is 116 Å². The quantitative estimate of drug-likeness (QED) is 0.722. The molecule has 0 aromatic carbocycles. The van der Waals surface area contributed by atoms with Gasteiger partial charge in [0.25, 0.3) is 0 Å². The van der Waals surface area contributed by atoms with Crippen LogP contribution in [0, 0.1) is 0 Å². The van der Waals surface area contributed by atoms with Crippen molar-refractivity contribution in [2.75, 3.05) is 13.2 Å². The minimum Gasteiger partial charge on any atom is -0.375 e. The van der Waals surface area contributed by atoms with Crippen LogP contribution in [0.25, 0.3) is 0 Å². The van der Waals surface area contributed by atoms with Crippen LogP contribution in [-0.2, 0) is 14.3 Å². The molecule has 1 aliphatic carbocycles. The Kier molecular flexibility index (Phi) is 5.22. The van der Waals surface area contributed by atoms with Crippen molar-refractivity contribution < 1.29 is 14.3 Å². The maximum atomic E-state index is 11.9. The molecule has 0 aromatic rings. The number of amides is 1. The van der Waals surface area contributed by atoms with Crippen LogP contribution in [-0.4, -0.2) is 36.9 Å². The molecule has 19 heavy (non-hydrogen) atoms. The van der Waals surface area contributed by atoms with E-state index in [1.165, 1.54) is 0 Å². The van der Waals surface area contributed by atoms with Gasteiger partial charge in [0, 0.05) is 19.6 Å². The third-order valence-electron chi connectivity index (χ3n) is 4.38. The fourth-order valence-electron chi connectivity index (χ4n) is 3.28. The van der Waals surface area contributed by atoms with Gasteiger partial charge in [0.2, 0.25) is 5.91 Å². The Morgan fingerprint density at radius 1 is 1.42 bits per heavy atom. The first-order valence-corrected chi connectivity index (χ1v) is 7.78. The molecule has 0 radical (unpaired) electrons. The van der Waals surface area contributed by atoms with Crippen LogP contribution >= 0.6 is 0 Å².